The number of furan rings is 1. The molecule has 1 aliphatic heterocycles. The summed E-state index contributed by atoms with van der Waals surface area (Å²) in [7, 11) is -3.85. The molecule has 0 unspecified atom stereocenters. The Bertz CT molecular complexity index is 1050. The van der Waals surface area contributed by atoms with Gasteiger partial charge in [-0.25, -0.2) is 13.1 Å². The van der Waals surface area contributed by atoms with Crippen molar-refractivity contribution in [1.29, 1.82) is 0 Å². The summed E-state index contributed by atoms with van der Waals surface area (Å²) in [4.78, 5) is 14.8. The van der Waals surface area contributed by atoms with Crippen LogP contribution in [0.2, 0.25) is 0 Å². The summed E-state index contributed by atoms with van der Waals surface area (Å²) in [5.41, 5.74) is 1.75. The number of rotatable bonds is 5. The van der Waals surface area contributed by atoms with Crippen LogP contribution in [0.15, 0.2) is 15.4 Å². The summed E-state index contributed by atoms with van der Waals surface area (Å²) in [5, 5.41) is 0.652. The Morgan fingerprint density at radius 3 is 2.38 bits per heavy atom. The molecular formula is C21H30N2O5S. The van der Waals surface area contributed by atoms with Gasteiger partial charge in [0.25, 0.3) is 5.91 Å². The van der Waals surface area contributed by atoms with Gasteiger partial charge in [0.1, 0.15) is 4.90 Å². The third-order valence-electron chi connectivity index (χ3n) is 5.75. The molecule has 1 aromatic carbocycles. The highest BCUT2D eigenvalue weighted by atomic mass is 32.2. The number of carbonyl (C=O) groups is 1. The standard InChI is InChI=1S/C21H30N2O5S/c1-7-21(5,6)22-29(25,26)19-14(3)13(2)12-16-15(4)17(28-18(16)19)20(24)23-8-10-27-11-9-23/h12,22H,7-11H2,1-6H3. The van der Waals surface area contributed by atoms with Gasteiger partial charge in [-0.1, -0.05) is 6.92 Å². The second-order valence-electron chi connectivity index (χ2n) is 8.33. The van der Waals surface area contributed by atoms with Gasteiger partial charge in [0.2, 0.25) is 10.0 Å². The molecule has 0 atom stereocenters. The maximum absolute atomic E-state index is 13.3. The molecule has 1 N–H and O–H groups in total. The molecule has 1 aromatic heterocycles. The van der Waals surface area contributed by atoms with Gasteiger partial charge >= 0.3 is 0 Å². The minimum absolute atomic E-state index is 0.109. The van der Waals surface area contributed by atoms with Crippen molar-refractivity contribution in [3.05, 3.63) is 28.5 Å². The second-order valence-corrected chi connectivity index (χ2v) is 9.95. The average molecular weight is 423 g/mol. The predicted molar refractivity (Wildman–Crippen MR) is 112 cm³/mol. The third-order valence-corrected chi connectivity index (χ3v) is 7.60. The number of amides is 1. The number of carbonyl (C=O) groups excluding carboxylic acids is 1. The van der Waals surface area contributed by atoms with E-state index in [1.54, 1.807) is 18.7 Å². The number of hydrogen-bond acceptors (Lipinski definition) is 5. The smallest absolute Gasteiger partial charge is 0.290 e. The van der Waals surface area contributed by atoms with Gasteiger partial charge in [-0.05, 0) is 58.2 Å². The molecule has 29 heavy (non-hydrogen) atoms. The van der Waals surface area contributed by atoms with Crippen LogP contribution in [-0.4, -0.2) is 51.1 Å². The van der Waals surface area contributed by atoms with Gasteiger partial charge in [0.05, 0.1) is 13.2 Å². The molecule has 160 valence electrons. The molecule has 2 heterocycles. The van der Waals surface area contributed by atoms with Crippen molar-refractivity contribution < 1.29 is 22.4 Å². The van der Waals surface area contributed by atoms with Crippen LogP contribution in [0.5, 0.6) is 0 Å². The number of hydrogen-bond donors (Lipinski definition) is 1. The number of fused-ring (bicyclic) bond motifs is 1. The predicted octanol–water partition coefficient (Wildman–Crippen LogP) is 3.30. The number of nitrogens with one attached hydrogen (secondary N) is 1. The molecule has 0 bridgehead atoms. The average Bonchev–Trinajstić information content (AvgIpc) is 2.97. The fraction of sp³-hybridized carbons (Fsp3) is 0.571. The van der Waals surface area contributed by atoms with E-state index in [1.807, 2.05) is 33.8 Å². The van der Waals surface area contributed by atoms with Gasteiger partial charge in [-0.2, -0.15) is 0 Å². The molecule has 0 saturated carbocycles. The first-order valence-electron chi connectivity index (χ1n) is 9.93. The van der Waals surface area contributed by atoms with E-state index in [0.29, 0.717) is 49.2 Å². The van der Waals surface area contributed by atoms with Crippen LogP contribution < -0.4 is 4.72 Å². The van der Waals surface area contributed by atoms with Gasteiger partial charge in [-0.15, -0.1) is 0 Å². The molecule has 2 aromatic rings. The second kappa shape index (κ2) is 7.74. The van der Waals surface area contributed by atoms with Crippen molar-refractivity contribution in [2.75, 3.05) is 26.3 Å². The van der Waals surface area contributed by atoms with Crippen LogP contribution in [0.3, 0.4) is 0 Å². The third kappa shape index (κ3) is 4.06. The Morgan fingerprint density at radius 2 is 1.79 bits per heavy atom. The van der Waals surface area contributed by atoms with Crippen LogP contribution >= 0.6 is 0 Å². The van der Waals surface area contributed by atoms with Crippen molar-refractivity contribution in [3.8, 4) is 0 Å². The Labute approximate surface area is 172 Å². The summed E-state index contributed by atoms with van der Waals surface area (Å²) in [6, 6.07) is 1.89. The highest BCUT2D eigenvalue weighted by Crippen LogP contribution is 2.35. The van der Waals surface area contributed by atoms with Gasteiger partial charge < -0.3 is 14.1 Å². The molecule has 0 radical (unpaired) electrons. The fourth-order valence-corrected chi connectivity index (χ4v) is 5.40. The molecular weight excluding hydrogens is 392 g/mol. The molecule has 7 nitrogen and oxygen atoms in total. The van der Waals surface area contributed by atoms with Crippen molar-refractivity contribution in [3.63, 3.8) is 0 Å². The van der Waals surface area contributed by atoms with Crippen LogP contribution in [-0.2, 0) is 14.8 Å². The number of benzene rings is 1. The zero-order valence-corrected chi connectivity index (χ0v) is 18.8. The lowest BCUT2D eigenvalue weighted by atomic mass is 10.0. The summed E-state index contributed by atoms with van der Waals surface area (Å²) in [5.74, 6) is -0.0411. The lowest BCUT2D eigenvalue weighted by Gasteiger charge is -2.26. The normalized spacial score (nSPS) is 15.9. The zero-order valence-electron chi connectivity index (χ0n) is 18.0. The van der Waals surface area contributed by atoms with E-state index in [1.165, 1.54) is 0 Å². The lowest BCUT2D eigenvalue weighted by Crippen LogP contribution is -2.43. The van der Waals surface area contributed by atoms with E-state index in [4.69, 9.17) is 9.15 Å². The van der Waals surface area contributed by atoms with E-state index >= 15 is 0 Å². The topological polar surface area (TPSA) is 88.9 Å². The van der Waals surface area contributed by atoms with E-state index in [2.05, 4.69) is 4.72 Å². The lowest BCUT2D eigenvalue weighted by molar-refractivity contribution is 0.0283. The minimum Gasteiger partial charge on any atom is -0.449 e. The van der Waals surface area contributed by atoms with E-state index in [-0.39, 0.29) is 22.1 Å². The number of ether oxygens (including phenoxy) is 1. The Balaban J connectivity index is 2.18. The molecule has 3 rings (SSSR count). The van der Waals surface area contributed by atoms with Crippen molar-refractivity contribution in [2.24, 2.45) is 0 Å². The van der Waals surface area contributed by atoms with E-state index < -0.39 is 15.6 Å². The van der Waals surface area contributed by atoms with E-state index in [0.717, 1.165) is 5.56 Å². The maximum Gasteiger partial charge on any atom is 0.290 e. The van der Waals surface area contributed by atoms with Crippen LogP contribution in [0.1, 0.15) is 54.4 Å². The van der Waals surface area contributed by atoms with Crippen LogP contribution in [0, 0.1) is 20.8 Å². The summed E-state index contributed by atoms with van der Waals surface area (Å²) in [6.45, 7) is 13.0. The molecule has 0 spiro atoms. The number of aryl methyl sites for hydroxylation is 2. The van der Waals surface area contributed by atoms with Crippen molar-refractivity contribution >= 4 is 26.9 Å². The van der Waals surface area contributed by atoms with E-state index in [9.17, 15) is 13.2 Å². The van der Waals surface area contributed by atoms with Crippen LogP contribution in [0.25, 0.3) is 11.0 Å². The molecule has 8 heteroatoms. The summed E-state index contributed by atoms with van der Waals surface area (Å²) >= 11 is 0. The first-order chi connectivity index (χ1) is 13.5. The Hall–Kier alpha value is -1.90. The zero-order chi connectivity index (χ0) is 21.6. The molecule has 0 aliphatic carbocycles. The highest BCUT2D eigenvalue weighted by molar-refractivity contribution is 7.89. The largest absolute Gasteiger partial charge is 0.449 e. The minimum atomic E-state index is -3.85. The molecule has 1 aliphatic rings. The number of sulfonamides is 1. The molecule has 1 saturated heterocycles. The van der Waals surface area contributed by atoms with Crippen LogP contribution in [0.4, 0.5) is 0 Å². The maximum atomic E-state index is 13.3. The van der Waals surface area contributed by atoms with Gasteiger partial charge in [0, 0.05) is 29.6 Å². The van der Waals surface area contributed by atoms with Gasteiger partial charge in [-0.3, -0.25) is 4.79 Å². The molecule has 1 amide bonds. The Morgan fingerprint density at radius 1 is 1.17 bits per heavy atom. The number of morpholine rings is 1. The quantitative estimate of drug-likeness (QED) is 0.799. The molecule has 1 fully saturated rings. The Kier molecular flexibility index (Phi) is 5.82. The van der Waals surface area contributed by atoms with Crippen molar-refractivity contribution in [1.82, 2.24) is 9.62 Å². The van der Waals surface area contributed by atoms with Crippen molar-refractivity contribution in [2.45, 2.75) is 58.4 Å². The monoisotopic (exact) mass is 422 g/mol. The first-order valence-corrected chi connectivity index (χ1v) is 11.4. The van der Waals surface area contributed by atoms with Gasteiger partial charge in [0.15, 0.2) is 11.3 Å². The highest BCUT2D eigenvalue weighted by Gasteiger charge is 2.32. The SMILES string of the molecule is CCC(C)(C)NS(=O)(=O)c1c(C)c(C)cc2c(C)c(C(=O)N3CCOCC3)oc12. The first kappa shape index (κ1) is 21.8. The fourth-order valence-electron chi connectivity index (χ4n) is 3.47. The number of nitrogens with zero attached hydrogens (tertiary/aromatic N) is 1. The summed E-state index contributed by atoms with van der Waals surface area (Å²) < 4.78 is 40.7. The summed E-state index contributed by atoms with van der Waals surface area (Å²) in [6.07, 6.45) is 0.637.